The smallest absolute Gasteiger partial charge is 0.165 e. The van der Waals surface area contributed by atoms with Crippen LogP contribution in [0.2, 0.25) is 5.02 Å². The van der Waals surface area contributed by atoms with Crippen LogP contribution in [-0.4, -0.2) is 19.3 Å². The van der Waals surface area contributed by atoms with Gasteiger partial charge in [0.05, 0.1) is 0 Å². The fourth-order valence-corrected chi connectivity index (χ4v) is 3.69. The molecular formula is C16H22ClNO2. The van der Waals surface area contributed by atoms with Gasteiger partial charge in [-0.05, 0) is 31.2 Å². The largest absolute Gasteiger partial charge is 0.486 e. The second-order valence-electron chi connectivity index (χ2n) is 6.27. The van der Waals surface area contributed by atoms with Crippen LogP contribution in [0, 0.1) is 0 Å². The first kappa shape index (κ1) is 14.0. The predicted octanol–water partition coefficient (Wildman–Crippen LogP) is 3.61. The summed E-state index contributed by atoms with van der Waals surface area (Å²) in [7, 11) is 0. The number of halogens is 1. The zero-order chi connectivity index (χ0) is 14.5. The number of nitrogens with two attached hydrogens (primary N) is 1. The molecule has 110 valence electrons. The highest BCUT2D eigenvalue weighted by molar-refractivity contribution is 6.32. The summed E-state index contributed by atoms with van der Waals surface area (Å²) in [6, 6.07) is 2.00. The first-order valence-electron chi connectivity index (χ1n) is 7.35. The third-order valence-corrected chi connectivity index (χ3v) is 4.86. The summed E-state index contributed by atoms with van der Waals surface area (Å²) in [5, 5.41) is 0.771. The van der Waals surface area contributed by atoms with Crippen LogP contribution in [0.15, 0.2) is 6.07 Å². The first-order chi connectivity index (χ1) is 9.47. The Bertz CT molecular complexity index is 536. The number of rotatable bonds is 3. The lowest BCUT2D eigenvalue weighted by Gasteiger charge is -2.31. The molecule has 4 heteroatoms. The van der Waals surface area contributed by atoms with Gasteiger partial charge in [0.15, 0.2) is 11.5 Å². The van der Waals surface area contributed by atoms with Crippen molar-refractivity contribution in [1.29, 1.82) is 0 Å². The number of hydrogen-bond donors (Lipinski definition) is 1. The molecule has 1 atom stereocenters. The molecule has 1 heterocycles. The molecule has 0 aromatic heterocycles. The van der Waals surface area contributed by atoms with Gasteiger partial charge in [-0.25, -0.2) is 0 Å². The van der Waals surface area contributed by atoms with Gasteiger partial charge in [0, 0.05) is 28.1 Å². The van der Waals surface area contributed by atoms with Crippen LogP contribution >= 0.6 is 11.6 Å². The van der Waals surface area contributed by atoms with E-state index in [-0.39, 0.29) is 11.5 Å². The fourth-order valence-electron chi connectivity index (χ4n) is 3.30. The highest BCUT2D eigenvalue weighted by Crippen LogP contribution is 2.57. The minimum atomic E-state index is 0.0204. The van der Waals surface area contributed by atoms with Crippen molar-refractivity contribution in [2.75, 3.05) is 13.2 Å². The van der Waals surface area contributed by atoms with Gasteiger partial charge in [-0.1, -0.05) is 25.4 Å². The van der Waals surface area contributed by atoms with E-state index in [0.717, 1.165) is 29.4 Å². The Kier molecular flexibility index (Phi) is 3.38. The molecule has 0 saturated heterocycles. The second-order valence-corrected chi connectivity index (χ2v) is 6.68. The van der Waals surface area contributed by atoms with Gasteiger partial charge in [0.25, 0.3) is 0 Å². The second kappa shape index (κ2) is 4.81. The van der Waals surface area contributed by atoms with E-state index in [1.165, 1.54) is 11.1 Å². The number of benzene rings is 1. The highest BCUT2D eigenvalue weighted by Gasteiger charge is 2.51. The van der Waals surface area contributed by atoms with Gasteiger partial charge in [0.1, 0.15) is 13.2 Å². The predicted molar refractivity (Wildman–Crippen MR) is 81.1 cm³/mol. The maximum atomic E-state index is 6.59. The molecule has 1 fully saturated rings. The molecule has 0 bridgehead atoms. The van der Waals surface area contributed by atoms with Crippen LogP contribution in [-0.2, 0) is 5.41 Å². The fraction of sp³-hybridized carbons (Fsp3) is 0.625. The monoisotopic (exact) mass is 295 g/mol. The Morgan fingerprint density at radius 2 is 1.85 bits per heavy atom. The number of ether oxygens (including phenoxy) is 2. The lowest BCUT2D eigenvalue weighted by Crippen LogP contribution is -2.33. The Morgan fingerprint density at radius 3 is 2.40 bits per heavy atom. The molecule has 2 aliphatic rings. The summed E-state index contributed by atoms with van der Waals surface area (Å²) in [5.74, 6) is 1.97. The molecule has 1 aromatic rings. The Labute approximate surface area is 125 Å². The Balaban J connectivity index is 2.23. The van der Waals surface area contributed by atoms with Gasteiger partial charge in [-0.3, -0.25) is 0 Å². The summed E-state index contributed by atoms with van der Waals surface area (Å²) in [4.78, 5) is 0. The molecule has 1 aliphatic carbocycles. The summed E-state index contributed by atoms with van der Waals surface area (Å²) < 4.78 is 11.6. The van der Waals surface area contributed by atoms with Crippen LogP contribution in [0.3, 0.4) is 0 Å². The molecule has 0 radical (unpaired) electrons. The zero-order valence-electron chi connectivity index (χ0n) is 12.3. The maximum absolute atomic E-state index is 6.59. The topological polar surface area (TPSA) is 44.5 Å². The first-order valence-corrected chi connectivity index (χ1v) is 7.73. The van der Waals surface area contributed by atoms with Crippen molar-refractivity contribution in [3.63, 3.8) is 0 Å². The van der Waals surface area contributed by atoms with E-state index in [1.807, 2.05) is 6.07 Å². The van der Waals surface area contributed by atoms with E-state index in [2.05, 4.69) is 20.8 Å². The molecule has 0 spiro atoms. The summed E-state index contributed by atoms with van der Waals surface area (Å²) >= 11 is 6.59. The van der Waals surface area contributed by atoms with E-state index in [9.17, 15) is 0 Å². The standard InChI is InChI=1S/C16H22ClNO2/c1-9(2)13-14(16(4-5-16)10(3)18)11(17)8-12-15(13)20-7-6-19-12/h8-10H,4-7,18H2,1-3H3. The molecule has 1 aliphatic heterocycles. The number of fused-ring (bicyclic) bond motifs is 1. The van der Waals surface area contributed by atoms with Crippen molar-refractivity contribution in [3.8, 4) is 11.5 Å². The van der Waals surface area contributed by atoms with E-state index < -0.39 is 0 Å². The molecule has 2 N–H and O–H groups in total. The van der Waals surface area contributed by atoms with E-state index in [1.54, 1.807) is 0 Å². The van der Waals surface area contributed by atoms with Crippen LogP contribution in [0.4, 0.5) is 0 Å². The van der Waals surface area contributed by atoms with Gasteiger partial charge in [0.2, 0.25) is 0 Å². The SMILES string of the molecule is CC(C)c1c2c(cc(Cl)c1C1(C(C)N)CC1)OCCO2. The van der Waals surface area contributed by atoms with Gasteiger partial charge in [-0.2, -0.15) is 0 Å². The molecule has 1 aromatic carbocycles. The molecule has 3 rings (SSSR count). The minimum absolute atomic E-state index is 0.0204. The van der Waals surface area contributed by atoms with Crippen molar-refractivity contribution in [1.82, 2.24) is 0 Å². The third-order valence-electron chi connectivity index (χ3n) is 4.56. The van der Waals surface area contributed by atoms with Gasteiger partial charge < -0.3 is 15.2 Å². The lowest BCUT2D eigenvalue weighted by atomic mass is 9.82. The van der Waals surface area contributed by atoms with Crippen LogP contribution in [0.25, 0.3) is 0 Å². The Morgan fingerprint density at radius 1 is 1.20 bits per heavy atom. The number of hydrogen-bond acceptors (Lipinski definition) is 3. The Hall–Kier alpha value is -0.930. The summed E-state index contributed by atoms with van der Waals surface area (Å²) in [6.07, 6.45) is 2.20. The highest BCUT2D eigenvalue weighted by atomic mass is 35.5. The molecule has 3 nitrogen and oxygen atoms in total. The lowest BCUT2D eigenvalue weighted by molar-refractivity contribution is 0.169. The summed E-state index contributed by atoms with van der Waals surface area (Å²) in [5.41, 5.74) is 8.64. The van der Waals surface area contributed by atoms with E-state index in [4.69, 9.17) is 26.8 Å². The third kappa shape index (κ3) is 1.99. The van der Waals surface area contributed by atoms with E-state index in [0.29, 0.717) is 19.1 Å². The maximum Gasteiger partial charge on any atom is 0.165 e. The van der Waals surface area contributed by atoms with Gasteiger partial charge >= 0.3 is 0 Å². The van der Waals surface area contributed by atoms with E-state index >= 15 is 0 Å². The van der Waals surface area contributed by atoms with Crippen LogP contribution in [0.1, 0.15) is 50.7 Å². The normalized spacial score (nSPS) is 20.9. The van der Waals surface area contributed by atoms with Crippen molar-refractivity contribution in [3.05, 3.63) is 22.2 Å². The van der Waals surface area contributed by atoms with Gasteiger partial charge in [-0.15, -0.1) is 0 Å². The van der Waals surface area contributed by atoms with Crippen LogP contribution < -0.4 is 15.2 Å². The van der Waals surface area contributed by atoms with Crippen LogP contribution in [0.5, 0.6) is 11.5 Å². The van der Waals surface area contributed by atoms with Crippen molar-refractivity contribution >= 4 is 11.6 Å². The summed E-state index contributed by atoms with van der Waals surface area (Å²) in [6.45, 7) is 7.59. The average Bonchev–Trinajstić information content (AvgIpc) is 3.18. The van der Waals surface area contributed by atoms with Crippen molar-refractivity contribution in [2.24, 2.45) is 5.73 Å². The molecule has 1 unspecified atom stereocenters. The molecule has 1 saturated carbocycles. The molecule has 20 heavy (non-hydrogen) atoms. The quantitative estimate of drug-likeness (QED) is 0.926. The zero-order valence-corrected chi connectivity index (χ0v) is 13.1. The molecule has 0 amide bonds. The van der Waals surface area contributed by atoms with Crippen molar-refractivity contribution < 1.29 is 9.47 Å². The average molecular weight is 296 g/mol. The molecular weight excluding hydrogens is 274 g/mol. The minimum Gasteiger partial charge on any atom is -0.486 e. The van der Waals surface area contributed by atoms with Crippen molar-refractivity contribution in [2.45, 2.75) is 51.0 Å².